The zero-order chi connectivity index (χ0) is 23.5. The molecule has 4 aromatic rings. The highest BCUT2D eigenvalue weighted by Gasteiger charge is 2.19. The van der Waals surface area contributed by atoms with Gasteiger partial charge in [0.2, 0.25) is 5.91 Å². The number of aryl methyl sites for hydroxylation is 1. The fourth-order valence-corrected chi connectivity index (χ4v) is 4.42. The van der Waals surface area contributed by atoms with E-state index in [1.54, 1.807) is 16.4 Å². The minimum Gasteiger partial charge on any atom is -0.319 e. The van der Waals surface area contributed by atoms with Crippen molar-refractivity contribution in [3.8, 4) is 17.1 Å². The molecule has 2 aromatic carbocycles. The molecule has 2 aromatic heterocycles. The first kappa shape index (κ1) is 22.6. The Balaban J connectivity index is 1.50. The largest absolute Gasteiger partial charge is 0.319 e. The Labute approximate surface area is 196 Å². The molecule has 0 atom stereocenters. The molecule has 2 heterocycles. The topological polar surface area (TPSA) is 86.7 Å². The van der Waals surface area contributed by atoms with Crippen molar-refractivity contribution in [3.05, 3.63) is 76.2 Å². The molecular formula is C24H26N6O2S. The van der Waals surface area contributed by atoms with Crippen LogP contribution in [0.2, 0.25) is 0 Å². The van der Waals surface area contributed by atoms with Crippen molar-refractivity contribution >= 4 is 23.4 Å². The molecule has 0 aliphatic rings. The van der Waals surface area contributed by atoms with Gasteiger partial charge in [-0.2, -0.15) is 0 Å². The monoisotopic (exact) mass is 462 g/mol. The summed E-state index contributed by atoms with van der Waals surface area (Å²) < 4.78 is 5.26. The van der Waals surface area contributed by atoms with Crippen molar-refractivity contribution in [2.75, 3.05) is 11.1 Å². The normalized spacial score (nSPS) is 11.0. The van der Waals surface area contributed by atoms with E-state index in [2.05, 4.69) is 15.5 Å². The van der Waals surface area contributed by atoms with E-state index in [1.165, 1.54) is 17.3 Å². The first-order valence-electron chi connectivity index (χ1n) is 10.7. The average Bonchev–Trinajstić information content (AvgIpc) is 3.33. The second-order valence-electron chi connectivity index (χ2n) is 7.69. The van der Waals surface area contributed by atoms with E-state index in [-0.39, 0.29) is 22.9 Å². The van der Waals surface area contributed by atoms with E-state index >= 15 is 0 Å². The molecule has 1 N–H and O–H groups in total. The maximum atomic E-state index is 13.0. The highest BCUT2D eigenvalue weighted by Crippen LogP contribution is 2.24. The van der Waals surface area contributed by atoms with Gasteiger partial charge in [-0.15, -0.1) is 10.2 Å². The van der Waals surface area contributed by atoms with Gasteiger partial charge in [-0.3, -0.25) is 14.3 Å². The number of anilines is 1. The van der Waals surface area contributed by atoms with E-state index < -0.39 is 0 Å². The molecule has 0 saturated carbocycles. The molecule has 8 nitrogen and oxygen atoms in total. The Morgan fingerprint density at radius 1 is 1.03 bits per heavy atom. The molecule has 170 valence electrons. The van der Waals surface area contributed by atoms with Gasteiger partial charge in [0.15, 0.2) is 11.0 Å². The molecule has 1 amide bonds. The number of carbonyl (C=O) groups is 1. The van der Waals surface area contributed by atoms with Crippen LogP contribution in [0.4, 0.5) is 5.69 Å². The lowest BCUT2D eigenvalue weighted by Crippen LogP contribution is -2.23. The fourth-order valence-electron chi connectivity index (χ4n) is 3.61. The van der Waals surface area contributed by atoms with Gasteiger partial charge in [-0.25, -0.2) is 4.68 Å². The highest BCUT2D eigenvalue weighted by atomic mass is 32.2. The zero-order valence-corrected chi connectivity index (χ0v) is 19.9. The summed E-state index contributed by atoms with van der Waals surface area (Å²) in [4.78, 5) is 25.7. The van der Waals surface area contributed by atoms with Gasteiger partial charge < -0.3 is 9.88 Å². The van der Waals surface area contributed by atoms with Crippen LogP contribution in [0.5, 0.6) is 0 Å². The number of aromatic nitrogens is 5. The summed E-state index contributed by atoms with van der Waals surface area (Å²) in [6.45, 7) is 6.55. The smallest absolute Gasteiger partial charge is 0.295 e. The van der Waals surface area contributed by atoms with Crippen molar-refractivity contribution in [2.45, 2.75) is 32.5 Å². The second kappa shape index (κ2) is 9.50. The number of amides is 1. The van der Waals surface area contributed by atoms with Crippen molar-refractivity contribution in [1.29, 1.82) is 0 Å². The summed E-state index contributed by atoms with van der Waals surface area (Å²) in [7, 11) is 1.80. The first-order chi connectivity index (χ1) is 15.9. The summed E-state index contributed by atoms with van der Waals surface area (Å²) in [5, 5.41) is 12.1. The molecule has 4 rings (SSSR count). The number of carbonyl (C=O) groups excluding carboxylic acids is 1. The maximum absolute atomic E-state index is 13.0. The molecule has 0 unspecified atom stereocenters. The van der Waals surface area contributed by atoms with Crippen LogP contribution in [-0.4, -0.2) is 35.8 Å². The Morgan fingerprint density at radius 2 is 1.73 bits per heavy atom. The number of para-hydroxylation sites is 1. The van der Waals surface area contributed by atoms with Gasteiger partial charge in [-0.1, -0.05) is 59.8 Å². The molecule has 0 saturated heterocycles. The lowest BCUT2D eigenvalue weighted by Gasteiger charge is -2.08. The van der Waals surface area contributed by atoms with Crippen molar-refractivity contribution < 1.29 is 4.79 Å². The lowest BCUT2D eigenvalue weighted by molar-refractivity contribution is -0.113. The quantitative estimate of drug-likeness (QED) is 0.422. The van der Waals surface area contributed by atoms with Crippen LogP contribution < -0.4 is 10.9 Å². The van der Waals surface area contributed by atoms with Crippen molar-refractivity contribution in [3.63, 3.8) is 0 Å². The minimum atomic E-state index is -0.270. The van der Waals surface area contributed by atoms with Crippen molar-refractivity contribution in [1.82, 2.24) is 24.1 Å². The lowest BCUT2D eigenvalue weighted by atomic mass is 10.1. The van der Waals surface area contributed by atoms with E-state index in [9.17, 15) is 9.59 Å². The fraction of sp³-hybridized carbons (Fsp3) is 0.250. The van der Waals surface area contributed by atoms with Crippen LogP contribution in [0, 0.1) is 13.8 Å². The number of hydrogen-bond donors (Lipinski definition) is 1. The molecule has 0 bridgehead atoms. The molecule has 0 fully saturated rings. The predicted octanol–water partition coefficient (Wildman–Crippen LogP) is 3.80. The van der Waals surface area contributed by atoms with Crippen LogP contribution in [0.3, 0.4) is 0 Å². The third-order valence-corrected chi connectivity index (χ3v) is 6.46. The van der Waals surface area contributed by atoms with Gasteiger partial charge in [0, 0.05) is 19.2 Å². The number of nitrogens with zero attached hydrogens (tertiary/aromatic N) is 5. The molecule has 33 heavy (non-hydrogen) atoms. The summed E-state index contributed by atoms with van der Waals surface area (Å²) in [6, 6.07) is 17.4. The number of hydrogen-bond acceptors (Lipinski definition) is 5. The summed E-state index contributed by atoms with van der Waals surface area (Å²) in [5.74, 6) is 0.615. The number of rotatable bonds is 7. The van der Waals surface area contributed by atoms with Crippen LogP contribution in [0.25, 0.3) is 17.1 Å². The number of thioether (sulfide) groups is 1. The van der Waals surface area contributed by atoms with Gasteiger partial charge in [0.1, 0.15) is 5.69 Å². The number of nitrogens with one attached hydrogen (secondary N) is 1. The second-order valence-corrected chi connectivity index (χ2v) is 8.63. The third-order valence-electron chi connectivity index (χ3n) is 5.49. The standard InChI is InChI=1S/C24H26N6O2S/c1-5-29-22(18-13-11-16(2)12-14-18)26-27-24(29)33-15-20(31)25-21-17(3)28(4)30(23(21)32)19-9-7-6-8-10-19/h6-14H,5,15H2,1-4H3,(H,25,31). The minimum absolute atomic E-state index is 0.116. The van der Waals surface area contributed by atoms with E-state index in [1.807, 2.05) is 79.9 Å². The predicted molar refractivity (Wildman–Crippen MR) is 131 cm³/mol. The first-order valence-corrected chi connectivity index (χ1v) is 11.7. The molecule has 0 aliphatic heterocycles. The summed E-state index contributed by atoms with van der Waals surface area (Å²) in [6.07, 6.45) is 0. The molecule has 9 heteroatoms. The van der Waals surface area contributed by atoms with Crippen LogP contribution in [0.15, 0.2) is 64.5 Å². The van der Waals surface area contributed by atoms with Gasteiger partial charge >= 0.3 is 0 Å². The van der Waals surface area contributed by atoms with Crippen LogP contribution in [0.1, 0.15) is 18.2 Å². The summed E-state index contributed by atoms with van der Waals surface area (Å²) >= 11 is 1.30. The Morgan fingerprint density at radius 3 is 2.39 bits per heavy atom. The average molecular weight is 463 g/mol. The molecule has 0 aliphatic carbocycles. The number of benzene rings is 2. The maximum Gasteiger partial charge on any atom is 0.295 e. The van der Waals surface area contributed by atoms with E-state index in [0.717, 1.165) is 17.1 Å². The highest BCUT2D eigenvalue weighted by molar-refractivity contribution is 7.99. The third kappa shape index (κ3) is 4.49. The molecule has 0 radical (unpaired) electrons. The summed E-state index contributed by atoms with van der Waals surface area (Å²) in [5.41, 5.74) is 3.59. The van der Waals surface area contributed by atoms with Gasteiger partial charge in [0.05, 0.1) is 17.1 Å². The van der Waals surface area contributed by atoms with E-state index in [0.29, 0.717) is 17.4 Å². The van der Waals surface area contributed by atoms with Gasteiger partial charge in [0.25, 0.3) is 5.56 Å². The van der Waals surface area contributed by atoms with E-state index in [4.69, 9.17) is 0 Å². The SMILES string of the molecule is CCn1c(SCC(=O)Nc2c(C)n(C)n(-c3ccccc3)c2=O)nnc1-c1ccc(C)cc1. The Hall–Kier alpha value is -3.59. The van der Waals surface area contributed by atoms with Gasteiger partial charge in [-0.05, 0) is 32.9 Å². The zero-order valence-electron chi connectivity index (χ0n) is 19.1. The van der Waals surface area contributed by atoms with Crippen LogP contribution in [-0.2, 0) is 18.4 Å². The Kier molecular flexibility index (Phi) is 6.50. The van der Waals surface area contributed by atoms with Crippen LogP contribution >= 0.6 is 11.8 Å². The molecular weight excluding hydrogens is 436 g/mol. The Bertz CT molecular complexity index is 1340. The molecule has 0 spiro atoms. The van der Waals surface area contributed by atoms with Crippen molar-refractivity contribution in [2.24, 2.45) is 7.05 Å².